The molecule has 9 nitrogen and oxygen atoms in total. The molecule has 0 fully saturated rings. The van der Waals surface area contributed by atoms with Crippen LogP contribution in [0.1, 0.15) is 43.2 Å². The zero-order valence-electron chi connectivity index (χ0n) is 19.7. The van der Waals surface area contributed by atoms with Crippen molar-refractivity contribution in [2.75, 3.05) is 13.7 Å². The van der Waals surface area contributed by atoms with Gasteiger partial charge in [0, 0.05) is 19.4 Å². The van der Waals surface area contributed by atoms with Crippen LogP contribution in [0.4, 0.5) is 4.79 Å². The van der Waals surface area contributed by atoms with Gasteiger partial charge in [-0.15, -0.1) is 0 Å². The maximum absolute atomic E-state index is 12.8. The molecule has 0 spiro atoms. The molecule has 3 atom stereocenters. The molecule has 2 aromatic rings. The van der Waals surface area contributed by atoms with Crippen LogP contribution in [-0.4, -0.2) is 55.0 Å². The van der Waals surface area contributed by atoms with E-state index in [1.807, 2.05) is 54.6 Å². The van der Waals surface area contributed by atoms with E-state index in [2.05, 4.69) is 10.6 Å². The Hall–Kier alpha value is -3.90. The summed E-state index contributed by atoms with van der Waals surface area (Å²) in [6.45, 7) is 1.59. The minimum absolute atomic E-state index is 0.0743. The van der Waals surface area contributed by atoms with Gasteiger partial charge in [-0.3, -0.25) is 4.79 Å². The first-order valence-electron chi connectivity index (χ1n) is 11.4. The van der Waals surface area contributed by atoms with Crippen LogP contribution in [0.5, 0.6) is 0 Å². The van der Waals surface area contributed by atoms with Crippen LogP contribution in [0.3, 0.4) is 0 Å². The Morgan fingerprint density at radius 2 is 1.66 bits per heavy atom. The molecule has 0 saturated carbocycles. The molecule has 2 aromatic carbocycles. The molecule has 1 unspecified atom stereocenters. The number of aliphatic carboxylic acids is 1. The number of carbonyl (C=O) groups excluding carboxylic acids is 2. The fourth-order valence-corrected chi connectivity index (χ4v) is 4.21. The van der Waals surface area contributed by atoms with E-state index in [1.54, 1.807) is 0 Å². The zero-order chi connectivity index (χ0) is 25.4. The van der Waals surface area contributed by atoms with Gasteiger partial charge in [-0.2, -0.15) is 5.26 Å². The van der Waals surface area contributed by atoms with Gasteiger partial charge in [-0.25, -0.2) is 9.59 Å². The lowest BCUT2D eigenvalue weighted by molar-refractivity contribution is -0.145. The van der Waals surface area contributed by atoms with Crippen molar-refractivity contribution in [2.24, 2.45) is 0 Å². The summed E-state index contributed by atoms with van der Waals surface area (Å²) in [7, 11) is 1.34. The average Bonchev–Trinajstić information content (AvgIpc) is 3.18. The number of amides is 2. The minimum Gasteiger partial charge on any atom is -0.480 e. The molecule has 184 valence electrons. The number of carboxylic acids is 1. The van der Waals surface area contributed by atoms with Gasteiger partial charge in [0.25, 0.3) is 0 Å². The van der Waals surface area contributed by atoms with Gasteiger partial charge in [0.2, 0.25) is 5.91 Å². The Morgan fingerprint density at radius 1 is 1.06 bits per heavy atom. The summed E-state index contributed by atoms with van der Waals surface area (Å²) in [5.41, 5.74) is 4.31. The number of nitrogens with zero attached hydrogens (tertiary/aromatic N) is 1. The number of fused-ring (bicyclic) bond motifs is 3. The number of alkyl carbamates (subject to hydrolysis) is 1. The second-order valence-electron chi connectivity index (χ2n) is 8.34. The summed E-state index contributed by atoms with van der Waals surface area (Å²) in [4.78, 5) is 37.0. The summed E-state index contributed by atoms with van der Waals surface area (Å²) in [6, 6.07) is 15.5. The number of ether oxygens (including phenoxy) is 2. The van der Waals surface area contributed by atoms with Crippen LogP contribution >= 0.6 is 0 Å². The quantitative estimate of drug-likeness (QED) is 0.421. The van der Waals surface area contributed by atoms with Gasteiger partial charge in [-0.1, -0.05) is 48.5 Å². The van der Waals surface area contributed by atoms with E-state index in [0.29, 0.717) is 6.42 Å². The molecule has 1 aliphatic rings. The fraction of sp³-hybridized carbons (Fsp3) is 0.385. The number of carboxylic acid groups (broad SMARTS) is 1. The van der Waals surface area contributed by atoms with E-state index in [-0.39, 0.29) is 25.4 Å². The van der Waals surface area contributed by atoms with Crippen molar-refractivity contribution in [1.29, 1.82) is 5.26 Å². The number of unbranched alkanes of at least 4 members (excludes halogenated alkanes) is 1. The lowest BCUT2D eigenvalue weighted by atomic mass is 9.98. The van der Waals surface area contributed by atoms with Crippen LogP contribution in [0, 0.1) is 11.3 Å². The monoisotopic (exact) mass is 479 g/mol. The van der Waals surface area contributed by atoms with Crippen molar-refractivity contribution < 1.29 is 29.0 Å². The van der Waals surface area contributed by atoms with Crippen molar-refractivity contribution in [2.45, 2.75) is 50.3 Å². The highest BCUT2D eigenvalue weighted by Crippen LogP contribution is 2.44. The number of hydrogen-bond acceptors (Lipinski definition) is 6. The summed E-state index contributed by atoms with van der Waals surface area (Å²) in [5, 5.41) is 23.2. The van der Waals surface area contributed by atoms with Crippen LogP contribution in [0.15, 0.2) is 48.5 Å². The first kappa shape index (κ1) is 25.7. The third kappa shape index (κ3) is 6.16. The van der Waals surface area contributed by atoms with Gasteiger partial charge < -0.3 is 25.2 Å². The summed E-state index contributed by atoms with van der Waals surface area (Å²) in [5.74, 6) is -2.09. The molecule has 3 N–H and O–H groups in total. The number of carbonyl (C=O) groups is 3. The van der Waals surface area contributed by atoms with E-state index in [1.165, 1.54) is 14.0 Å². The number of hydrogen-bond donors (Lipinski definition) is 3. The number of nitriles is 1. The topological polar surface area (TPSA) is 138 Å². The highest BCUT2D eigenvalue weighted by atomic mass is 16.5. The van der Waals surface area contributed by atoms with Crippen LogP contribution in [0.25, 0.3) is 11.1 Å². The second-order valence-corrected chi connectivity index (χ2v) is 8.34. The van der Waals surface area contributed by atoms with E-state index in [4.69, 9.17) is 14.7 Å². The van der Waals surface area contributed by atoms with Gasteiger partial charge in [0.15, 0.2) is 6.04 Å². The normalized spacial score (nSPS) is 14.5. The van der Waals surface area contributed by atoms with Crippen molar-refractivity contribution in [1.82, 2.24) is 10.6 Å². The lowest BCUT2D eigenvalue weighted by Crippen LogP contribution is -2.55. The molecular formula is C26H29N3O6. The van der Waals surface area contributed by atoms with Crippen molar-refractivity contribution in [3.63, 3.8) is 0 Å². The molecule has 1 aliphatic carbocycles. The van der Waals surface area contributed by atoms with Crippen LogP contribution < -0.4 is 10.6 Å². The highest BCUT2D eigenvalue weighted by Gasteiger charge is 2.32. The standard InChI is InChI=1S/C26H29N3O6/c1-16(34-2)23(25(31)32)29-24(30)22(13-7-8-14-27)28-26(33)35-15-21-19-11-5-3-9-17(19)18-10-4-6-12-20(18)21/h3-6,9-12,16,21-23H,7-8,13,15H2,1-2H3,(H,28,33)(H,29,30)(H,31,32)/t16-,22?,23+/m1/s1. The highest BCUT2D eigenvalue weighted by molar-refractivity contribution is 5.89. The smallest absolute Gasteiger partial charge is 0.407 e. The molecule has 0 saturated heterocycles. The predicted octanol–water partition coefficient (Wildman–Crippen LogP) is 3.19. The maximum atomic E-state index is 12.8. The molecule has 0 bridgehead atoms. The molecule has 2 amide bonds. The molecule has 0 aromatic heterocycles. The predicted molar refractivity (Wildman–Crippen MR) is 127 cm³/mol. The summed E-state index contributed by atoms with van der Waals surface area (Å²) in [6.07, 6.45) is -0.901. The summed E-state index contributed by atoms with van der Waals surface area (Å²) >= 11 is 0. The van der Waals surface area contributed by atoms with Crippen molar-refractivity contribution in [3.8, 4) is 17.2 Å². The van der Waals surface area contributed by atoms with Gasteiger partial charge >= 0.3 is 12.1 Å². The third-order valence-corrected chi connectivity index (χ3v) is 6.14. The van der Waals surface area contributed by atoms with E-state index in [9.17, 15) is 19.5 Å². The first-order valence-corrected chi connectivity index (χ1v) is 11.4. The minimum atomic E-state index is -1.30. The number of methoxy groups -OCH3 is 1. The maximum Gasteiger partial charge on any atom is 0.407 e. The Balaban J connectivity index is 1.67. The zero-order valence-corrected chi connectivity index (χ0v) is 19.7. The largest absolute Gasteiger partial charge is 0.480 e. The Labute approximate surface area is 204 Å². The van der Waals surface area contributed by atoms with Crippen molar-refractivity contribution >= 4 is 18.0 Å². The lowest BCUT2D eigenvalue weighted by Gasteiger charge is -2.24. The Bertz CT molecular complexity index is 1070. The summed E-state index contributed by atoms with van der Waals surface area (Å²) < 4.78 is 10.5. The average molecular weight is 480 g/mol. The van der Waals surface area contributed by atoms with E-state index < -0.39 is 36.2 Å². The van der Waals surface area contributed by atoms with E-state index >= 15 is 0 Å². The molecule has 35 heavy (non-hydrogen) atoms. The SMILES string of the molecule is CO[C@H](C)[C@H](NC(=O)C(CCCC#N)NC(=O)OCC1c2ccccc2-c2ccccc21)C(=O)O. The number of benzene rings is 2. The van der Waals surface area contributed by atoms with Gasteiger partial charge in [0.05, 0.1) is 12.2 Å². The molecular weight excluding hydrogens is 450 g/mol. The van der Waals surface area contributed by atoms with E-state index in [0.717, 1.165) is 22.3 Å². The van der Waals surface area contributed by atoms with Gasteiger partial charge in [-0.05, 0) is 42.0 Å². The third-order valence-electron chi connectivity index (χ3n) is 6.14. The Morgan fingerprint density at radius 3 is 2.20 bits per heavy atom. The molecule has 0 heterocycles. The number of rotatable bonds is 11. The first-order chi connectivity index (χ1) is 16.9. The molecule has 0 aliphatic heterocycles. The van der Waals surface area contributed by atoms with Gasteiger partial charge in [0.1, 0.15) is 12.6 Å². The molecule has 3 rings (SSSR count). The molecule has 9 heteroatoms. The van der Waals surface area contributed by atoms with Crippen molar-refractivity contribution in [3.05, 3.63) is 59.7 Å². The fourth-order valence-electron chi connectivity index (χ4n) is 4.21. The number of nitrogens with one attached hydrogen (secondary N) is 2. The van der Waals surface area contributed by atoms with Crippen LogP contribution in [0.2, 0.25) is 0 Å². The second kappa shape index (κ2) is 12.0. The Kier molecular flexibility index (Phi) is 8.81. The van der Waals surface area contributed by atoms with Crippen LogP contribution in [-0.2, 0) is 19.1 Å². The molecule has 0 radical (unpaired) electrons.